The molecule has 2 rings (SSSR count). The second-order valence-electron chi connectivity index (χ2n) is 2.88. The first kappa shape index (κ1) is 10.4. The molecule has 0 aliphatic heterocycles. The van der Waals surface area contributed by atoms with Gasteiger partial charge in [-0.05, 0) is 11.6 Å². The lowest BCUT2D eigenvalue weighted by atomic mass is 10.4. The molecule has 15 heavy (non-hydrogen) atoms. The van der Waals surface area contributed by atoms with Crippen molar-refractivity contribution in [1.29, 1.82) is 0 Å². The Morgan fingerprint density at radius 1 is 1.33 bits per heavy atom. The fraction of sp³-hybridized carbons (Fsp3) is 0.222. The monoisotopic (exact) mass is 242 g/mol. The lowest BCUT2D eigenvalue weighted by Crippen LogP contribution is -2.03. The van der Waals surface area contributed by atoms with Gasteiger partial charge in [-0.3, -0.25) is 4.57 Å². The van der Waals surface area contributed by atoms with E-state index in [2.05, 4.69) is 15.0 Å². The number of halogens is 2. The lowest BCUT2D eigenvalue weighted by Gasteiger charge is -2.06. The molecule has 0 fully saturated rings. The van der Waals surface area contributed by atoms with Gasteiger partial charge < -0.3 is 0 Å². The van der Waals surface area contributed by atoms with Crippen LogP contribution in [0.4, 0.5) is 0 Å². The molecule has 0 saturated heterocycles. The molecule has 4 nitrogen and oxygen atoms in total. The fourth-order valence-electron chi connectivity index (χ4n) is 1.30. The van der Waals surface area contributed by atoms with Crippen LogP contribution in [0.1, 0.15) is 12.7 Å². The SMILES string of the molecule is CCc1nccn1-c1nc(Cl)ncc1Cl. The number of nitrogens with zero attached hydrogens (tertiary/aromatic N) is 4. The van der Waals surface area contributed by atoms with E-state index in [9.17, 15) is 0 Å². The van der Waals surface area contributed by atoms with Gasteiger partial charge in [-0.25, -0.2) is 9.97 Å². The van der Waals surface area contributed by atoms with Crippen molar-refractivity contribution in [2.75, 3.05) is 0 Å². The molecule has 0 bridgehead atoms. The van der Waals surface area contributed by atoms with Crippen molar-refractivity contribution in [2.24, 2.45) is 0 Å². The van der Waals surface area contributed by atoms with E-state index < -0.39 is 0 Å². The van der Waals surface area contributed by atoms with Crippen molar-refractivity contribution in [3.8, 4) is 5.82 Å². The predicted molar refractivity (Wildman–Crippen MR) is 58.6 cm³/mol. The summed E-state index contributed by atoms with van der Waals surface area (Å²) in [5.41, 5.74) is 0. The third-order valence-electron chi connectivity index (χ3n) is 1.96. The van der Waals surface area contributed by atoms with Gasteiger partial charge >= 0.3 is 0 Å². The van der Waals surface area contributed by atoms with Crippen molar-refractivity contribution < 1.29 is 0 Å². The van der Waals surface area contributed by atoms with Crippen LogP contribution in [0.25, 0.3) is 5.82 Å². The molecule has 0 unspecified atom stereocenters. The Balaban J connectivity index is 2.58. The molecular formula is C9H8Cl2N4. The molecule has 2 aromatic heterocycles. The van der Waals surface area contributed by atoms with E-state index in [1.807, 2.05) is 6.92 Å². The minimum atomic E-state index is 0.171. The molecular weight excluding hydrogens is 235 g/mol. The Hall–Kier alpha value is -1.13. The van der Waals surface area contributed by atoms with Gasteiger partial charge in [-0.2, -0.15) is 4.98 Å². The Morgan fingerprint density at radius 3 is 2.87 bits per heavy atom. The van der Waals surface area contributed by atoms with Crippen LogP contribution in [-0.4, -0.2) is 19.5 Å². The average molecular weight is 243 g/mol. The molecule has 0 saturated carbocycles. The number of aryl methyl sites for hydroxylation is 1. The van der Waals surface area contributed by atoms with Crippen molar-refractivity contribution in [3.63, 3.8) is 0 Å². The highest BCUT2D eigenvalue weighted by Crippen LogP contribution is 2.19. The summed E-state index contributed by atoms with van der Waals surface area (Å²) in [5.74, 6) is 1.44. The van der Waals surface area contributed by atoms with Gasteiger partial charge in [0.05, 0.1) is 6.20 Å². The van der Waals surface area contributed by atoms with Crippen molar-refractivity contribution in [2.45, 2.75) is 13.3 Å². The molecule has 0 atom stereocenters. The summed E-state index contributed by atoms with van der Waals surface area (Å²) in [4.78, 5) is 12.0. The highest BCUT2D eigenvalue weighted by Gasteiger charge is 2.09. The van der Waals surface area contributed by atoms with Gasteiger partial charge in [0, 0.05) is 18.8 Å². The summed E-state index contributed by atoms with van der Waals surface area (Å²) in [6.45, 7) is 2.01. The van der Waals surface area contributed by atoms with Gasteiger partial charge in [-0.1, -0.05) is 18.5 Å². The van der Waals surface area contributed by atoms with Gasteiger partial charge in [0.2, 0.25) is 5.28 Å². The van der Waals surface area contributed by atoms with Crippen LogP contribution in [-0.2, 0) is 6.42 Å². The summed E-state index contributed by atoms with van der Waals surface area (Å²) < 4.78 is 1.80. The molecule has 2 heterocycles. The van der Waals surface area contributed by atoms with Crippen LogP contribution in [0.3, 0.4) is 0 Å². The van der Waals surface area contributed by atoms with Crippen molar-refractivity contribution >= 4 is 23.2 Å². The maximum Gasteiger partial charge on any atom is 0.224 e. The van der Waals surface area contributed by atoms with Gasteiger partial charge in [0.15, 0.2) is 5.82 Å². The highest BCUT2D eigenvalue weighted by atomic mass is 35.5. The maximum atomic E-state index is 5.98. The van der Waals surface area contributed by atoms with Crippen molar-refractivity contribution in [1.82, 2.24) is 19.5 Å². The van der Waals surface area contributed by atoms with E-state index in [0.717, 1.165) is 12.2 Å². The Labute approximate surface area is 96.9 Å². The predicted octanol–water partition coefficient (Wildman–Crippen LogP) is 2.53. The van der Waals surface area contributed by atoms with Crippen LogP contribution in [0.2, 0.25) is 10.3 Å². The zero-order chi connectivity index (χ0) is 10.8. The smallest absolute Gasteiger partial charge is 0.224 e. The third-order valence-corrected chi connectivity index (χ3v) is 2.41. The van der Waals surface area contributed by atoms with Crippen LogP contribution in [0.15, 0.2) is 18.6 Å². The largest absolute Gasteiger partial charge is 0.287 e. The second kappa shape index (κ2) is 4.16. The van der Waals surface area contributed by atoms with Crippen LogP contribution in [0, 0.1) is 0 Å². The number of hydrogen-bond donors (Lipinski definition) is 0. The molecule has 0 N–H and O–H groups in total. The molecule has 0 amide bonds. The topological polar surface area (TPSA) is 43.6 Å². The first-order valence-electron chi connectivity index (χ1n) is 4.43. The standard InChI is InChI=1S/C9H8Cl2N4/c1-2-7-12-3-4-15(7)8-6(10)5-13-9(11)14-8/h3-5H,2H2,1H3. The first-order chi connectivity index (χ1) is 7.22. The van der Waals surface area contributed by atoms with E-state index in [1.54, 1.807) is 17.0 Å². The third kappa shape index (κ3) is 1.96. The summed E-state index contributed by atoms with van der Waals surface area (Å²) in [7, 11) is 0. The minimum absolute atomic E-state index is 0.171. The lowest BCUT2D eigenvalue weighted by molar-refractivity contribution is 0.861. The van der Waals surface area contributed by atoms with Gasteiger partial charge in [-0.15, -0.1) is 0 Å². The molecule has 0 radical (unpaired) electrons. The average Bonchev–Trinajstić information content (AvgIpc) is 2.69. The molecule has 78 valence electrons. The molecule has 0 aliphatic rings. The number of hydrogen-bond acceptors (Lipinski definition) is 3. The zero-order valence-electron chi connectivity index (χ0n) is 7.98. The van der Waals surface area contributed by atoms with Gasteiger partial charge in [0.1, 0.15) is 10.8 Å². The molecule has 0 spiro atoms. The second-order valence-corrected chi connectivity index (χ2v) is 3.62. The quantitative estimate of drug-likeness (QED) is 0.761. The number of aromatic nitrogens is 4. The van der Waals surface area contributed by atoms with E-state index in [1.165, 1.54) is 6.20 Å². The maximum absolute atomic E-state index is 5.98. The zero-order valence-corrected chi connectivity index (χ0v) is 9.50. The van der Waals surface area contributed by atoms with Crippen molar-refractivity contribution in [3.05, 3.63) is 34.7 Å². The van der Waals surface area contributed by atoms with E-state index in [4.69, 9.17) is 23.2 Å². The van der Waals surface area contributed by atoms with Gasteiger partial charge in [0.25, 0.3) is 0 Å². The summed E-state index contributed by atoms with van der Waals surface area (Å²) in [5, 5.41) is 0.622. The highest BCUT2D eigenvalue weighted by molar-refractivity contribution is 6.32. The minimum Gasteiger partial charge on any atom is -0.287 e. The first-order valence-corrected chi connectivity index (χ1v) is 5.18. The number of imidazole rings is 1. The summed E-state index contributed by atoms with van der Waals surface area (Å²) in [6, 6.07) is 0. The van der Waals surface area contributed by atoms with E-state index in [0.29, 0.717) is 10.8 Å². The van der Waals surface area contributed by atoms with Crippen LogP contribution < -0.4 is 0 Å². The molecule has 2 aromatic rings. The van der Waals surface area contributed by atoms with E-state index >= 15 is 0 Å². The van der Waals surface area contributed by atoms with E-state index in [-0.39, 0.29) is 5.28 Å². The Morgan fingerprint density at radius 2 is 2.13 bits per heavy atom. The molecule has 0 aliphatic carbocycles. The fourth-order valence-corrected chi connectivity index (χ4v) is 1.61. The van der Waals surface area contributed by atoms with Crippen LogP contribution in [0.5, 0.6) is 0 Å². The number of rotatable bonds is 2. The van der Waals surface area contributed by atoms with Crippen LogP contribution >= 0.6 is 23.2 Å². The molecule has 6 heteroatoms. The summed E-state index contributed by atoms with van der Waals surface area (Å²) >= 11 is 11.7. The molecule has 0 aromatic carbocycles. The Kier molecular flexibility index (Phi) is 2.88. The Bertz CT molecular complexity index is 481. The normalized spacial score (nSPS) is 10.6. The summed E-state index contributed by atoms with van der Waals surface area (Å²) in [6.07, 6.45) is 5.77.